The first kappa shape index (κ1) is 9.80. The summed E-state index contributed by atoms with van der Waals surface area (Å²) in [7, 11) is 1.33. The van der Waals surface area contributed by atoms with E-state index >= 15 is 0 Å². The molecular weight excluding hydrogens is 292 g/mol. The van der Waals surface area contributed by atoms with Crippen molar-refractivity contribution in [3.8, 4) is 0 Å². The van der Waals surface area contributed by atoms with E-state index in [0.29, 0.717) is 11.3 Å². The lowest BCUT2D eigenvalue weighted by atomic mass is 10.3. The summed E-state index contributed by atoms with van der Waals surface area (Å²) in [6.45, 7) is 0. The van der Waals surface area contributed by atoms with Gasteiger partial charge in [0, 0.05) is 0 Å². The predicted octanol–water partition coefficient (Wildman–Crippen LogP) is 2.85. The molecule has 1 rings (SSSR count). The van der Waals surface area contributed by atoms with Gasteiger partial charge in [-0.15, -0.1) is 0 Å². The fourth-order valence-electron chi connectivity index (χ4n) is 0.769. The summed E-state index contributed by atoms with van der Waals surface area (Å²) in [6, 6.07) is 1.57. The lowest BCUT2D eigenvalue weighted by Crippen LogP contribution is -2.02. The Hall–Kier alpha value is -0.290. The van der Waals surface area contributed by atoms with Gasteiger partial charge in [-0.2, -0.15) is 0 Å². The molecule has 5 heteroatoms. The molecule has 1 aromatic rings. The van der Waals surface area contributed by atoms with E-state index in [2.05, 4.69) is 36.6 Å². The zero-order chi connectivity index (χ0) is 9.14. The summed E-state index contributed by atoms with van der Waals surface area (Å²) < 4.78 is 9.43. The van der Waals surface area contributed by atoms with Crippen LogP contribution in [-0.2, 0) is 4.74 Å². The molecule has 0 N–H and O–H groups in total. The standard InChI is InChI=1S/C7H6Br2O3/c1-11-7(10)4-2-3-12-5(4)6(8)9/h2-3,6H,1H3. The number of rotatable bonds is 2. The van der Waals surface area contributed by atoms with Crippen LogP contribution in [0.5, 0.6) is 0 Å². The van der Waals surface area contributed by atoms with Crippen molar-refractivity contribution in [2.24, 2.45) is 0 Å². The van der Waals surface area contributed by atoms with Gasteiger partial charge >= 0.3 is 5.97 Å². The normalized spacial score (nSPS) is 10.3. The molecule has 0 fully saturated rings. The third-order valence-electron chi connectivity index (χ3n) is 1.30. The zero-order valence-corrected chi connectivity index (χ0v) is 9.38. The molecule has 0 aromatic carbocycles. The molecule has 12 heavy (non-hydrogen) atoms. The average Bonchev–Trinajstić information content (AvgIpc) is 2.50. The van der Waals surface area contributed by atoms with Gasteiger partial charge in [-0.3, -0.25) is 0 Å². The van der Waals surface area contributed by atoms with Gasteiger partial charge in [-0.25, -0.2) is 4.79 Å². The molecule has 0 spiro atoms. The zero-order valence-electron chi connectivity index (χ0n) is 6.21. The summed E-state index contributed by atoms with van der Waals surface area (Å²) in [5.41, 5.74) is 0.427. The molecule has 66 valence electrons. The number of halogens is 2. The second-order valence-corrected chi connectivity index (χ2v) is 5.05. The lowest BCUT2D eigenvalue weighted by molar-refractivity contribution is 0.0598. The number of hydrogen-bond donors (Lipinski definition) is 0. The third-order valence-corrected chi connectivity index (χ3v) is 2.13. The minimum Gasteiger partial charge on any atom is -0.466 e. The van der Waals surface area contributed by atoms with Gasteiger partial charge in [0.2, 0.25) is 0 Å². The molecule has 0 radical (unpaired) electrons. The van der Waals surface area contributed by atoms with E-state index < -0.39 is 5.97 Å². The van der Waals surface area contributed by atoms with Crippen LogP contribution in [0.3, 0.4) is 0 Å². The van der Waals surface area contributed by atoms with Crippen LogP contribution in [0.25, 0.3) is 0 Å². The van der Waals surface area contributed by atoms with Gasteiger partial charge in [0.25, 0.3) is 0 Å². The lowest BCUT2D eigenvalue weighted by Gasteiger charge is -2.00. The first-order chi connectivity index (χ1) is 5.66. The van der Waals surface area contributed by atoms with Gasteiger partial charge in [-0.1, -0.05) is 31.9 Å². The van der Waals surface area contributed by atoms with Crippen molar-refractivity contribution in [2.45, 2.75) is 3.74 Å². The highest BCUT2D eigenvalue weighted by Crippen LogP contribution is 2.32. The molecule has 0 unspecified atom stereocenters. The van der Waals surface area contributed by atoms with Crippen LogP contribution in [0, 0.1) is 0 Å². The topological polar surface area (TPSA) is 39.4 Å². The Morgan fingerprint density at radius 3 is 2.83 bits per heavy atom. The van der Waals surface area contributed by atoms with E-state index in [1.54, 1.807) is 6.07 Å². The van der Waals surface area contributed by atoms with Crippen LogP contribution in [0.15, 0.2) is 16.7 Å². The predicted molar refractivity (Wildman–Crippen MR) is 50.6 cm³/mol. The molecule has 0 bridgehead atoms. The van der Waals surface area contributed by atoms with Crippen LogP contribution in [-0.4, -0.2) is 13.1 Å². The minimum absolute atomic E-state index is 0.172. The Kier molecular flexibility index (Phi) is 3.34. The van der Waals surface area contributed by atoms with Crippen molar-refractivity contribution in [3.05, 3.63) is 23.7 Å². The molecule has 0 saturated heterocycles. The smallest absolute Gasteiger partial charge is 0.341 e. The second-order valence-electron chi connectivity index (χ2n) is 1.99. The molecule has 0 aliphatic carbocycles. The van der Waals surface area contributed by atoms with E-state index in [1.807, 2.05) is 0 Å². The van der Waals surface area contributed by atoms with E-state index in [9.17, 15) is 4.79 Å². The van der Waals surface area contributed by atoms with E-state index in [-0.39, 0.29) is 3.74 Å². The van der Waals surface area contributed by atoms with Crippen LogP contribution >= 0.6 is 31.9 Å². The van der Waals surface area contributed by atoms with Crippen molar-refractivity contribution in [1.82, 2.24) is 0 Å². The molecule has 0 saturated carbocycles. The van der Waals surface area contributed by atoms with Gasteiger partial charge < -0.3 is 9.15 Å². The molecule has 3 nitrogen and oxygen atoms in total. The van der Waals surface area contributed by atoms with E-state index in [0.717, 1.165) is 0 Å². The third kappa shape index (κ3) is 1.90. The maximum atomic E-state index is 11.1. The number of hydrogen-bond acceptors (Lipinski definition) is 3. The molecule has 0 aliphatic heterocycles. The summed E-state index contributed by atoms with van der Waals surface area (Å²) >= 11 is 6.45. The fraction of sp³-hybridized carbons (Fsp3) is 0.286. The number of methoxy groups -OCH3 is 1. The van der Waals surface area contributed by atoms with Gasteiger partial charge in [-0.05, 0) is 6.07 Å². The average molecular weight is 298 g/mol. The van der Waals surface area contributed by atoms with E-state index in [4.69, 9.17) is 4.42 Å². The minimum atomic E-state index is -0.400. The number of furan rings is 1. The molecule has 1 heterocycles. The Morgan fingerprint density at radius 1 is 1.67 bits per heavy atom. The maximum Gasteiger partial charge on any atom is 0.341 e. The Morgan fingerprint density at radius 2 is 2.33 bits per heavy atom. The summed E-state index contributed by atoms with van der Waals surface area (Å²) in [4.78, 5) is 11.1. The number of carbonyl (C=O) groups excluding carboxylic acids is 1. The number of esters is 1. The van der Waals surface area contributed by atoms with Crippen molar-refractivity contribution in [2.75, 3.05) is 7.11 Å². The molecule has 0 atom stereocenters. The SMILES string of the molecule is COC(=O)c1ccoc1C(Br)Br. The first-order valence-electron chi connectivity index (χ1n) is 3.10. The van der Waals surface area contributed by atoms with Crippen LogP contribution < -0.4 is 0 Å². The largest absolute Gasteiger partial charge is 0.466 e. The highest BCUT2D eigenvalue weighted by atomic mass is 79.9. The van der Waals surface area contributed by atoms with Gasteiger partial charge in [0.05, 0.1) is 13.4 Å². The maximum absolute atomic E-state index is 11.1. The Bertz CT molecular complexity index is 280. The van der Waals surface area contributed by atoms with Crippen molar-refractivity contribution < 1.29 is 13.9 Å². The number of carbonyl (C=O) groups is 1. The van der Waals surface area contributed by atoms with Gasteiger partial charge in [0.1, 0.15) is 15.1 Å². The van der Waals surface area contributed by atoms with Crippen LogP contribution in [0.4, 0.5) is 0 Å². The summed E-state index contributed by atoms with van der Waals surface area (Å²) in [5.74, 6) is 0.115. The molecule has 0 aliphatic rings. The monoisotopic (exact) mass is 296 g/mol. The molecule has 1 aromatic heterocycles. The number of alkyl halides is 2. The summed E-state index contributed by atoms with van der Waals surface area (Å²) in [6.07, 6.45) is 1.44. The number of ether oxygens (including phenoxy) is 1. The Labute approximate surface area is 86.3 Å². The highest BCUT2D eigenvalue weighted by Gasteiger charge is 2.18. The van der Waals surface area contributed by atoms with Crippen molar-refractivity contribution >= 4 is 37.8 Å². The fourth-order valence-corrected chi connectivity index (χ4v) is 1.48. The van der Waals surface area contributed by atoms with E-state index in [1.165, 1.54) is 13.4 Å². The van der Waals surface area contributed by atoms with Crippen molar-refractivity contribution in [1.29, 1.82) is 0 Å². The van der Waals surface area contributed by atoms with Gasteiger partial charge in [0.15, 0.2) is 0 Å². The van der Waals surface area contributed by atoms with Crippen LogP contribution in [0.1, 0.15) is 19.9 Å². The molecular formula is C7H6Br2O3. The summed E-state index contributed by atoms with van der Waals surface area (Å²) in [5, 5.41) is 0. The van der Waals surface area contributed by atoms with Crippen LogP contribution in [0.2, 0.25) is 0 Å². The highest BCUT2D eigenvalue weighted by molar-refractivity contribution is 9.24. The quantitative estimate of drug-likeness (QED) is 0.622. The molecule has 0 amide bonds. The van der Waals surface area contributed by atoms with Crippen molar-refractivity contribution in [3.63, 3.8) is 0 Å². The Balaban J connectivity index is 2.99. The second kappa shape index (κ2) is 4.09. The first-order valence-corrected chi connectivity index (χ1v) is 4.93.